The number of carbonyl (C=O) groups is 1. The average Bonchev–Trinajstić information content (AvgIpc) is 3.11. The number of H-pyrrole nitrogens is 1. The summed E-state index contributed by atoms with van der Waals surface area (Å²) in [4.78, 5) is 23.4. The van der Waals surface area contributed by atoms with Crippen LogP contribution >= 0.6 is 0 Å². The third kappa shape index (κ3) is 4.35. The highest BCUT2D eigenvalue weighted by molar-refractivity contribution is 5.89. The lowest BCUT2D eigenvalue weighted by atomic mass is 10.1. The molecule has 4 rings (SSSR count). The van der Waals surface area contributed by atoms with Crippen LogP contribution in [-0.4, -0.2) is 32.6 Å². The first-order chi connectivity index (χ1) is 14.1. The summed E-state index contributed by atoms with van der Waals surface area (Å²) in [5.41, 5.74) is 4.06. The monoisotopic (exact) mass is 387 g/mol. The molecule has 2 heterocycles. The Labute approximate surface area is 167 Å². The van der Waals surface area contributed by atoms with Crippen LogP contribution in [0.1, 0.15) is 21.6 Å². The van der Waals surface area contributed by atoms with Crippen molar-refractivity contribution in [2.24, 2.45) is 0 Å². The van der Waals surface area contributed by atoms with E-state index in [-0.39, 0.29) is 5.56 Å². The van der Waals surface area contributed by atoms with Crippen molar-refractivity contribution in [2.75, 3.05) is 17.2 Å². The third-order valence-electron chi connectivity index (χ3n) is 4.59. The van der Waals surface area contributed by atoms with Crippen molar-refractivity contribution in [2.45, 2.75) is 13.3 Å². The SMILES string of the molecule is Cc1cc(Nc2cccc(C(=O)O)c2)nc(NCCc2c[nH]c3ccccc23)n1. The third-order valence-corrected chi connectivity index (χ3v) is 4.59. The number of hydrogen-bond donors (Lipinski definition) is 4. The number of para-hydroxylation sites is 1. The van der Waals surface area contributed by atoms with Gasteiger partial charge in [0.15, 0.2) is 0 Å². The number of aromatic amines is 1. The van der Waals surface area contributed by atoms with Gasteiger partial charge in [-0.3, -0.25) is 0 Å². The summed E-state index contributed by atoms with van der Waals surface area (Å²) in [6, 6.07) is 16.7. The van der Waals surface area contributed by atoms with E-state index in [1.807, 2.05) is 31.3 Å². The Morgan fingerprint density at radius 3 is 2.83 bits per heavy atom. The topological polar surface area (TPSA) is 103 Å². The summed E-state index contributed by atoms with van der Waals surface area (Å²) in [5.74, 6) is 0.170. The van der Waals surface area contributed by atoms with E-state index < -0.39 is 5.97 Å². The Morgan fingerprint density at radius 1 is 1.10 bits per heavy atom. The molecule has 0 bridgehead atoms. The minimum atomic E-state index is -0.966. The molecule has 0 aliphatic carbocycles. The lowest BCUT2D eigenvalue weighted by molar-refractivity contribution is 0.0697. The van der Waals surface area contributed by atoms with Crippen LogP contribution in [0.15, 0.2) is 60.8 Å². The van der Waals surface area contributed by atoms with E-state index in [9.17, 15) is 4.79 Å². The fourth-order valence-corrected chi connectivity index (χ4v) is 3.24. The summed E-state index contributed by atoms with van der Waals surface area (Å²) in [7, 11) is 0. The van der Waals surface area contributed by atoms with Crippen molar-refractivity contribution in [1.82, 2.24) is 15.0 Å². The average molecular weight is 387 g/mol. The predicted octanol–water partition coefficient (Wildman–Crippen LogP) is 4.36. The number of aromatic carboxylic acids is 1. The first-order valence-corrected chi connectivity index (χ1v) is 9.33. The van der Waals surface area contributed by atoms with Crippen molar-refractivity contribution in [3.63, 3.8) is 0 Å². The summed E-state index contributed by atoms with van der Waals surface area (Å²) >= 11 is 0. The van der Waals surface area contributed by atoms with E-state index in [0.29, 0.717) is 24.0 Å². The Balaban J connectivity index is 1.44. The van der Waals surface area contributed by atoms with Crippen LogP contribution in [0.4, 0.5) is 17.5 Å². The quantitative estimate of drug-likeness (QED) is 0.376. The van der Waals surface area contributed by atoms with E-state index in [1.165, 1.54) is 10.9 Å². The maximum Gasteiger partial charge on any atom is 0.335 e. The number of rotatable bonds is 7. The number of anilines is 3. The Morgan fingerprint density at radius 2 is 1.97 bits per heavy atom. The van der Waals surface area contributed by atoms with Crippen LogP contribution < -0.4 is 10.6 Å². The minimum Gasteiger partial charge on any atom is -0.478 e. The molecule has 0 atom stereocenters. The van der Waals surface area contributed by atoms with Crippen molar-refractivity contribution < 1.29 is 9.90 Å². The van der Waals surface area contributed by atoms with Gasteiger partial charge < -0.3 is 20.7 Å². The van der Waals surface area contributed by atoms with Gasteiger partial charge in [-0.25, -0.2) is 9.78 Å². The molecule has 7 heteroatoms. The molecule has 0 aliphatic rings. The molecule has 7 nitrogen and oxygen atoms in total. The number of nitrogens with one attached hydrogen (secondary N) is 3. The van der Waals surface area contributed by atoms with Gasteiger partial charge in [0.05, 0.1) is 5.56 Å². The number of aryl methyl sites for hydroxylation is 1. The summed E-state index contributed by atoms with van der Waals surface area (Å²) in [6.45, 7) is 2.59. The Hall–Kier alpha value is -3.87. The molecule has 0 fully saturated rings. The van der Waals surface area contributed by atoms with Gasteiger partial charge in [0.25, 0.3) is 0 Å². The van der Waals surface area contributed by atoms with Crippen LogP contribution in [-0.2, 0) is 6.42 Å². The standard InChI is InChI=1S/C22H21N5O2/c1-14-11-20(26-17-6-4-5-15(12-17)21(28)29)27-22(25-14)23-10-9-16-13-24-19-8-3-2-7-18(16)19/h2-8,11-13,24H,9-10H2,1H3,(H,28,29)(H2,23,25,26,27). The maximum absolute atomic E-state index is 11.1. The van der Waals surface area contributed by atoms with E-state index in [2.05, 4.69) is 37.7 Å². The predicted molar refractivity (Wildman–Crippen MR) is 114 cm³/mol. The lowest BCUT2D eigenvalue weighted by Gasteiger charge is -2.10. The highest BCUT2D eigenvalue weighted by Gasteiger charge is 2.07. The number of nitrogens with zero attached hydrogens (tertiary/aromatic N) is 2. The fourth-order valence-electron chi connectivity index (χ4n) is 3.24. The highest BCUT2D eigenvalue weighted by atomic mass is 16.4. The summed E-state index contributed by atoms with van der Waals surface area (Å²) in [6.07, 6.45) is 2.87. The molecule has 4 aromatic rings. The van der Waals surface area contributed by atoms with Crippen LogP contribution in [0.25, 0.3) is 10.9 Å². The second-order valence-corrected chi connectivity index (χ2v) is 6.77. The molecular weight excluding hydrogens is 366 g/mol. The fraction of sp³-hybridized carbons (Fsp3) is 0.136. The Kier molecular flexibility index (Phi) is 5.11. The van der Waals surface area contributed by atoms with Gasteiger partial charge in [-0.2, -0.15) is 4.98 Å². The zero-order valence-electron chi connectivity index (χ0n) is 15.9. The number of fused-ring (bicyclic) bond motifs is 1. The second-order valence-electron chi connectivity index (χ2n) is 6.77. The molecule has 29 heavy (non-hydrogen) atoms. The smallest absolute Gasteiger partial charge is 0.335 e. The van der Waals surface area contributed by atoms with Crippen molar-refractivity contribution in [3.8, 4) is 0 Å². The first-order valence-electron chi connectivity index (χ1n) is 9.33. The molecule has 0 radical (unpaired) electrons. The van der Waals surface area contributed by atoms with Gasteiger partial charge in [-0.1, -0.05) is 24.3 Å². The molecule has 0 spiro atoms. The largest absolute Gasteiger partial charge is 0.478 e. The molecule has 2 aromatic carbocycles. The van der Waals surface area contributed by atoms with Gasteiger partial charge >= 0.3 is 5.97 Å². The van der Waals surface area contributed by atoms with Crippen molar-refractivity contribution in [1.29, 1.82) is 0 Å². The number of benzene rings is 2. The molecule has 2 aromatic heterocycles. The summed E-state index contributed by atoms with van der Waals surface area (Å²) < 4.78 is 0. The molecular formula is C22H21N5O2. The summed E-state index contributed by atoms with van der Waals surface area (Å²) in [5, 5.41) is 16.8. The van der Waals surface area contributed by atoms with E-state index in [4.69, 9.17) is 5.11 Å². The highest BCUT2D eigenvalue weighted by Crippen LogP contribution is 2.20. The molecule has 4 N–H and O–H groups in total. The number of aromatic nitrogens is 3. The van der Waals surface area contributed by atoms with E-state index in [0.717, 1.165) is 17.6 Å². The molecule has 0 saturated heterocycles. The van der Waals surface area contributed by atoms with Gasteiger partial charge in [0, 0.05) is 41.1 Å². The Bertz CT molecular complexity index is 1170. The van der Waals surface area contributed by atoms with Crippen LogP contribution in [0.5, 0.6) is 0 Å². The zero-order chi connectivity index (χ0) is 20.2. The molecule has 0 saturated carbocycles. The van der Waals surface area contributed by atoms with Crippen LogP contribution in [0.2, 0.25) is 0 Å². The second kappa shape index (κ2) is 8.02. The van der Waals surface area contributed by atoms with E-state index in [1.54, 1.807) is 24.3 Å². The van der Waals surface area contributed by atoms with Crippen molar-refractivity contribution in [3.05, 3.63) is 77.6 Å². The minimum absolute atomic E-state index is 0.220. The number of carboxylic acids is 1. The molecule has 146 valence electrons. The normalized spacial score (nSPS) is 10.8. The maximum atomic E-state index is 11.1. The zero-order valence-corrected chi connectivity index (χ0v) is 15.9. The van der Waals surface area contributed by atoms with Gasteiger partial charge in [-0.05, 0) is 43.2 Å². The molecule has 0 unspecified atom stereocenters. The van der Waals surface area contributed by atoms with E-state index >= 15 is 0 Å². The van der Waals surface area contributed by atoms with Gasteiger partial charge in [0.2, 0.25) is 5.95 Å². The lowest BCUT2D eigenvalue weighted by Crippen LogP contribution is -2.09. The molecule has 0 amide bonds. The number of carboxylic acid groups (broad SMARTS) is 1. The molecule has 0 aliphatic heterocycles. The van der Waals surface area contributed by atoms with Crippen molar-refractivity contribution >= 4 is 34.3 Å². The van der Waals surface area contributed by atoms with Gasteiger partial charge in [-0.15, -0.1) is 0 Å². The van der Waals surface area contributed by atoms with Crippen LogP contribution in [0, 0.1) is 6.92 Å². The van der Waals surface area contributed by atoms with Crippen LogP contribution in [0.3, 0.4) is 0 Å². The number of hydrogen-bond acceptors (Lipinski definition) is 5. The first kappa shape index (κ1) is 18.5. The van der Waals surface area contributed by atoms with Gasteiger partial charge in [0.1, 0.15) is 5.82 Å².